The number of amides is 1. The van der Waals surface area contributed by atoms with Gasteiger partial charge in [0.25, 0.3) is 0 Å². The molecule has 0 saturated carbocycles. The number of anilines is 1. The molecule has 0 bridgehead atoms. The van der Waals surface area contributed by atoms with Crippen LogP contribution in [-0.2, 0) is 14.3 Å². The molecule has 8 heteroatoms. The monoisotopic (exact) mass is 509 g/mol. The van der Waals surface area contributed by atoms with E-state index in [1.165, 1.54) is 45.2 Å². The van der Waals surface area contributed by atoms with Crippen molar-refractivity contribution in [1.29, 1.82) is 0 Å². The molecule has 37 heavy (non-hydrogen) atoms. The van der Waals surface area contributed by atoms with E-state index in [-0.39, 0.29) is 6.61 Å². The molecule has 7 nitrogen and oxygen atoms in total. The first-order valence-corrected chi connectivity index (χ1v) is 11.9. The van der Waals surface area contributed by atoms with Gasteiger partial charge in [0.1, 0.15) is 34.6 Å². The summed E-state index contributed by atoms with van der Waals surface area (Å²) in [7, 11) is 1.50. The molecule has 1 amide bonds. The lowest BCUT2D eigenvalue weighted by Crippen LogP contribution is -2.39. The van der Waals surface area contributed by atoms with E-state index in [1.807, 2.05) is 13.8 Å². The van der Waals surface area contributed by atoms with Crippen LogP contribution in [0, 0.1) is 25.1 Å². The molecule has 0 unspecified atom stereocenters. The van der Waals surface area contributed by atoms with Crippen LogP contribution in [0.5, 0.6) is 17.2 Å². The molecule has 0 fully saturated rings. The van der Waals surface area contributed by atoms with Gasteiger partial charge in [-0.25, -0.2) is 4.39 Å². The molecule has 0 saturated heterocycles. The predicted molar refractivity (Wildman–Crippen MR) is 138 cm³/mol. The predicted octanol–water partition coefficient (Wildman–Crippen LogP) is 5.85. The Bertz CT molecular complexity index is 1260. The highest BCUT2D eigenvalue weighted by Gasteiger charge is 2.37. The van der Waals surface area contributed by atoms with Gasteiger partial charge in [0, 0.05) is 11.3 Å². The molecular weight excluding hydrogens is 477 g/mol. The third kappa shape index (κ3) is 6.27. The van der Waals surface area contributed by atoms with Crippen molar-refractivity contribution >= 4 is 17.6 Å². The Morgan fingerprint density at radius 3 is 2.22 bits per heavy atom. The molecule has 3 aromatic rings. The number of methoxy groups -OCH3 is 1. The van der Waals surface area contributed by atoms with Crippen molar-refractivity contribution in [3.8, 4) is 17.2 Å². The number of hydrogen-bond acceptors (Lipinski definition) is 6. The number of carbonyl (C=O) groups is 2. The number of hydrogen-bond donors (Lipinski definition) is 2. The fraction of sp³-hybridized carbons (Fsp3) is 0.310. The normalized spacial score (nSPS) is 12.0. The molecule has 196 valence electrons. The quantitative estimate of drug-likeness (QED) is 0.278. The van der Waals surface area contributed by atoms with E-state index in [1.54, 1.807) is 37.3 Å². The van der Waals surface area contributed by atoms with E-state index in [0.29, 0.717) is 34.1 Å². The minimum Gasteiger partial charge on any atom is -0.496 e. The lowest BCUT2D eigenvalue weighted by Gasteiger charge is -2.22. The summed E-state index contributed by atoms with van der Waals surface area (Å²) in [5.41, 5.74) is 1.65. The zero-order valence-corrected chi connectivity index (χ0v) is 21.8. The second-order valence-corrected chi connectivity index (χ2v) is 9.20. The van der Waals surface area contributed by atoms with Crippen LogP contribution < -0.4 is 14.8 Å². The lowest BCUT2D eigenvalue weighted by atomic mass is 9.92. The Morgan fingerprint density at radius 2 is 1.65 bits per heavy atom. The van der Waals surface area contributed by atoms with Gasteiger partial charge in [0.15, 0.2) is 0 Å². The highest BCUT2D eigenvalue weighted by atomic mass is 19.1. The zero-order chi connectivity index (χ0) is 27.3. The lowest BCUT2D eigenvalue weighted by molar-refractivity contribution is -0.157. The topological polar surface area (TPSA) is 94.1 Å². The van der Waals surface area contributed by atoms with Crippen molar-refractivity contribution in [3.05, 3.63) is 82.7 Å². The SMILES string of the molecule is CCOC(=O)C(C)(C)C(=O)Nc1cc(C)c(Oc2ccc(OC)c([C@H](O)c3ccc(F)cc3)c2)c(C)c1. The van der Waals surface area contributed by atoms with Crippen molar-refractivity contribution in [2.45, 2.75) is 40.7 Å². The summed E-state index contributed by atoms with van der Waals surface area (Å²) in [5, 5.41) is 13.7. The van der Waals surface area contributed by atoms with Gasteiger partial charge in [-0.2, -0.15) is 0 Å². The third-order valence-electron chi connectivity index (χ3n) is 5.97. The number of aliphatic hydroxyl groups excluding tert-OH is 1. The fourth-order valence-electron chi connectivity index (χ4n) is 3.81. The highest BCUT2D eigenvalue weighted by Crippen LogP contribution is 2.37. The number of rotatable bonds is 9. The fourth-order valence-corrected chi connectivity index (χ4v) is 3.81. The maximum atomic E-state index is 13.3. The molecule has 0 radical (unpaired) electrons. The Balaban J connectivity index is 1.85. The van der Waals surface area contributed by atoms with Crippen molar-refractivity contribution in [1.82, 2.24) is 0 Å². The van der Waals surface area contributed by atoms with E-state index in [2.05, 4.69) is 5.32 Å². The summed E-state index contributed by atoms with van der Waals surface area (Å²) in [6, 6.07) is 14.2. The Kier molecular flexibility index (Phi) is 8.55. The first-order valence-electron chi connectivity index (χ1n) is 11.9. The van der Waals surface area contributed by atoms with Gasteiger partial charge in [-0.3, -0.25) is 9.59 Å². The van der Waals surface area contributed by atoms with Crippen LogP contribution in [-0.4, -0.2) is 30.7 Å². The molecule has 0 aliphatic heterocycles. The first kappa shape index (κ1) is 27.7. The van der Waals surface area contributed by atoms with Crippen LogP contribution >= 0.6 is 0 Å². The Morgan fingerprint density at radius 1 is 1.03 bits per heavy atom. The molecule has 0 aliphatic rings. The van der Waals surface area contributed by atoms with Crippen LogP contribution in [0.1, 0.15) is 49.1 Å². The Labute approximate surface area is 216 Å². The van der Waals surface area contributed by atoms with Crippen molar-refractivity contribution in [2.75, 3.05) is 19.0 Å². The summed E-state index contributed by atoms with van der Waals surface area (Å²) < 4.78 is 29.9. The van der Waals surface area contributed by atoms with Crippen molar-refractivity contribution in [2.24, 2.45) is 5.41 Å². The maximum Gasteiger partial charge on any atom is 0.321 e. The van der Waals surface area contributed by atoms with Crippen LogP contribution in [0.15, 0.2) is 54.6 Å². The molecule has 0 heterocycles. The number of carbonyl (C=O) groups excluding carboxylic acids is 2. The zero-order valence-electron chi connectivity index (χ0n) is 21.8. The number of aliphatic hydroxyl groups is 1. The van der Waals surface area contributed by atoms with Crippen LogP contribution in [0.25, 0.3) is 0 Å². The average molecular weight is 510 g/mol. The van der Waals surface area contributed by atoms with Gasteiger partial charge in [-0.1, -0.05) is 12.1 Å². The summed E-state index contributed by atoms with van der Waals surface area (Å²) in [6.45, 7) is 8.58. The summed E-state index contributed by atoms with van der Waals surface area (Å²) in [6.07, 6.45) is -1.05. The summed E-state index contributed by atoms with van der Waals surface area (Å²) >= 11 is 0. The molecule has 0 aliphatic carbocycles. The molecular formula is C29H32FNO6. The molecule has 3 rings (SSSR count). The minimum atomic E-state index is -1.35. The van der Waals surface area contributed by atoms with Gasteiger partial charge in [0.05, 0.1) is 13.7 Å². The van der Waals surface area contributed by atoms with Gasteiger partial charge >= 0.3 is 5.97 Å². The Hall–Kier alpha value is -3.91. The molecule has 2 N–H and O–H groups in total. The van der Waals surface area contributed by atoms with Gasteiger partial charge < -0.3 is 24.6 Å². The van der Waals surface area contributed by atoms with E-state index in [9.17, 15) is 19.1 Å². The van der Waals surface area contributed by atoms with Crippen molar-refractivity contribution in [3.63, 3.8) is 0 Å². The molecule has 3 aromatic carbocycles. The number of esters is 1. The summed E-state index contributed by atoms with van der Waals surface area (Å²) in [5.74, 6) is 0.0281. The second kappa shape index (κ2) is 11.4. The van der Waals surface area contributed by atoms with Crippen molar-refractivity contribution < 1.29 is 33.3 Å². The van der Waals surface area contributed by atoms with Crippen LogP contribution in [0.2, 0.25) is 0 Å². The number of ether oxygens (including phenoxy) is 3. The van der Waals surface area contributed by atoms with Gasteiger partial charge in [0.2, 0.25) is 5.91 Å². The van der Waals surface area contributed by atoms with E-state index < -0.39 is 29.2 Å². The highest BCUT2D eigenvalue weighted by molar-refractivity contribution is 6.08. The van der Waals surface area contributed by atoms with Gasteiger partial charge in [-0.05, 0) is 93.8 Å². The molecule has 1 atom stereocenters. The largest absolute Gasteiger partial charge is 0.496 e. The molecule has 0 aromatic heterocycles. The number of halogens is 1. The van der Waals surface area contributed by atoms with Crippen LogP contribution in [0.4, 0.5) is 10.1 Å². The van der Waals surface area contributed by atoms with E-state index in [4.69, 9.17) is 14.2 Å². The van der Waals surface area contributed by atoms with Crippen LogP contribution in [0.3, 0.4) is 0 Å². The van der Waals surface area contributed by atoms with E-state index in [0.717, 1.165) is 11.1 Å². The number of nitrogens with one attached hydrogen (secondary N) is 1. The maximum absolute atomic E-state index is 13.3. The smallest absolute Gasteiger partial charge is 0.321 e. The second-order valence-electron chi connectivity index (χ2n) is 9.20. The standard InChI is InChI=1S/C29H32FNO6/c1-7-36-28(34)29(4,5)27(33)31-21-14-17(2)26(18(3)15-21)37-22-12-13-24(35-6)23(16-22)25(32)19-8-10-20(30)11-9-19/h8-16,25,32H,7H2,1-6H3,(H,31,33)/t25-/m1/s1. The third-order valence-corrected chi connectivity index (χ3v) is 5.97. The number of aryl methyl sites for hydroxylation is 2. The van der Waals surface area contributed by atoms with E-state index >= 15 is 0 Å². The average Bonchev–Trinajstić information content (AvgIpc) is 2.86. The minimum absolute atomic E-state index is 0.188. The number of benzene rings is 3. The first-order chi connectivity index (χ1) is 17.5. The summed E-state index contributed by atoms with van der Waals surface area (Å²) in [4.78, 5) is 24.9. The van der Waals surface area contributed by atoms with Gasteiger partial charge in [-0.15, -0.1) is 0 Å². The molecule has 0 spiro atoms.